The second-order valence-corrected chi connectivity index (χ2v) is 11.2. The molecule has 1 amide bonds. The number of hydrogen-bond acceptors (Lipinski definition) is 5. The van der Waals surface area contributed by atoms with Gasteiger partial charge in [-0.1, -0.05) is 54.6 Å². The SMILES string of the molecule is O=C(NC(CO)Cc1ccc(C(F)(F)F)cc1)C(Cc1ccc2ccccc2c1)NS(=O)(=O)N1CCNCC1. The first kappa shape index (κ1) is 29.0. The van der Waals surface area contributed by atoms with Crippen molar-refractivity contribution < 1.29 is 31.5 Å². The number of alkyl halides is 3. The second-order valence-electron chi connectivity index (χ2n) is 9.50. The van der Waals surface area contributed by atoms with E-state index in [0.29, 0.717) is 18.7 Å². The van der Waals surface area contributed by atoms with E-state index in [4.69, 9.17) is 0 Å². The van der Waals surface area contributed by atoms with Crippen LogP contribution < -0.4 is 15.4 Å². The Labute approximate surface area is 225 Å². The summed E-state index contributed by atoms with van der Waals surface area (Å²) in [6, 6.07) is 15.7. The molecule has 39 heavy (non-hydrogen) atoms. The largest absolute Gasteiger partial charge is 0.416 e. The van der Waals surface area contributed by atoms with Crippen LogP contribution in [0.5, 0.6) is 0 Å². The van der Waals surface area contributed by atoms with Crippen LogP contribution in [0.4, 0.5) is 13.2 Å². The highest BCUT2D eigenvalue weighted by molar-refractivity contribution is 7.87. The van der Waals surface area contributed by atoms with Gasteiger partial charge < -0.3 is 15.7 Å². The molecule has 1 heterocycles. The number of carbonyl (C=O) groups is 1. The fourth-order valence-corrected chi connectivity index (χ4v) is 5.87. The Bertz CT molecular complexity index is 1380. The summed E-state index contributed by atoms with van der Waals surface area (Å²) in [5.74, 6) is -0.646. The Kier molecular flexibility index (Phi) is 9.23. The second kappa shape index (κ2) is 12.4. The molecule has 0 aliphatic carbocycles. The molecule has 12 heteroatoms. The van der Waals surface area contributed by atoms with Crippen molar-refractivity contribution >= 4 is 26.9 Å². The number of halogens is 3. The number of nitrogens with one attached hydrogen (secondary N) is 3. The normalized spacial score (nSPS) is 16.6. The zero-order valence-electron chi connectivity index (χ0n) is 21.1. The van der Waals surface area contributed by atoms with E-state index < -0.39 is 46.5 Å². The minimum atomic E-state index is -4.47. The maximum Gasteiger partial charge on any atom is 0.416 e. The first-order chi connectivity index (χ1) is 18.5. The molecule has 1 aliphatic heterocycles. The Morgan fingerprint density at radius 3 is 2.23 bits per heavy atom. The number of piperazine rings is 1. The van der Waals surface area contributed by atoms with Gasteiger partial charge in [-0.2, -0.15) is 30.6 Å². The van der Waals surface area contributed by atoms with Gasteiger partial charge in [-0.25, -0.2) is 0 Å². The molecule has 4 N–H and O–H groups in total. The molecule has 4 rings (SSSR count). The van der Waals surface area contributed by atoms with E-state index in [-0.39, 0.29) is 25.9 Å². The van der Waals surface area contributed by atoms with Crippen molar-refractivity contribution in [3.63, 3.8) is 0 Å². The number of fused-ring (bicyclic) bond motifs is 1. The smallest absolute Gasteiger partial charge is 0.394 e. The number of benzene rings is 3. The molecule has 1 saturated heterocycles. The van der Waals surface area contributed by atoms with E-state index in [9.17, 15) is 31.5 Å². The van der Waals surface area contributed by atoms with Crippen LogP contribution >= 0.6 is 0 Å². The Balaban J connectivity index is 1.52. The van der Waals surface area contributed by atoms with E-state index in [1.165, 1.54) is 16.4 Å². The summed E-state index contributed by atoms with van der Waals surface area (Å²) in [6.45, 7) is 1.00. The number of nitrogens with zero attached hydrogens (tertiary/aromatic N) is 1. The van der Waals surface area contributed by atoms with Gasteiger partial charge in [0.15, 0.2) is 0 Å². The van der Waals surface area contributed by atoms with E-state index in [1.807, 2.05) is 42.5 Å². The average Bonchev–Trinajstić information content (AvgIpc) is 2.92. The maximum atomic E-state index is 13.4. The van der Waals surface area contributed by atoms with Crippen molar-refractivity contribution in [2.24, 2.45) is 0 Å². The fraction of sp³-hybridized carbons (Fsp3) is 0.370. The highest BCUT2D eigenvalue weighted by atomic mass is 32.2. The molecule has 0 saturated carbocycles. The highest BCUT2D eigenvalue weighted by Gasteiger charge is 2.32. The van der Waals surface area contributed by atoms with Crippen molar-refractivity contribution in [2.45, 2.75) is 31.1 Å². The average molecular weight is 565 g/mol. The van der Waals surface area contributed by atoms with Crippen molar-refractivity contribution in [2.75, 3.05) is 32.8 Å². The number of amides is 1. The molecule has 2 atom stereocenters. The van der Waals surface area contributed by atoms with Crippen LogP contribution in [0.2, 0.25) is 0 Å². The predicted octanol–water partition coefficient (Wildman–Crippen LogP) is 2.23. The summed E-state index contributed by atoms with van der Waals surface area (Å²) in [4.78, 5) is 13.4. The lowest BCUT2D eigenvalue weighted by Crippen LogP contribution is -2.57. The van der Waals surface area contributed by atoms with Gasteiger partial charge in [-0.15, -0.1) is 0 Å². The zero-order chi connectivity index (χ0) is 28.0. The van der Waals surface area contributed by atoms with Gasteiger partial charge in [0.2, 0.25) is 5.91 Å². The van der Waals surface area contributed by atoms with Crippen LogP contribution in [-0.4, -0.2) is 68.6 Å². The highest BCUT2D eigenvalue weighted by Crippen LogP contribution is 2.29. The monoisotopic (exact) mass is 564 g/mol. The Morgan fingerprint density at radius 2 is 1.59 bits per heavy atom. The molecule has 1 aliphatic rings. The molecule has 210 valence electrons. The van der Waals surface area contributed by atoms with Gasteiger partial charge in [0.1, 0.15) is 6.04 Å². The number of rotatable bonds is 10. The van der Waals surface area contributed by atoms with Crippen LogP contribution in [0.15, 0.2) is 66.7 Å². The Hall–Kier alpha value is -3.03. The quantitative estimate of drug-likeness (QED) is 0.302. The molecule has 2 unspecified atom stereocenters. The minimum absolute atomic E-state index is 0.0560. The summed E-state index contributed by atoms with van der Waals surface area (Å²) < 4.78 is 68.7. The molecule has 0 aromatic heterocycles. The van der Waals surface area contributed by atoms with E-state index in [2.05, 4.69) is 15.4 Å². The predicted molar refractivity (Wildman–Crippen MR) is 142 cm³/mol. The number of aliphatic hydroxyl groups excluding tert-OH is 1. The fourth-order valence-electron chi connectivity index (χ4n) is 4.51. The summed E-state index contributed by atoms with van der Waals surface area (Å²) in [5.41, 5.74) is 0.420. The van der Waals surface area contributed by atoms with Gasteiger partial charge in [0, 0.05) is 26.2 Å². The van der Waals surface area contributed by atoms with Crippen LogP contribution in [0.25, 0.3) is 10.8 Å². The zero-order valence-corrected chi connectivity index (χ0v) is 21.9. The summed E-state index contributed by atoms with van der Waals surface area (Å²) in [6.07, 6.45) is -4.35. The van der Waals surface area contributed by atoms with E-state index >= 15 is 0 Å². The lowest BCUT2D eigenvalue weighted by Gasteiger charge is -2.29. The topological polar surface area (TPSA) is 111 Å². The van der Waals surface area contributed by atoms with Crippen molar-refractivity contribution in [3.8, 4) is 0 Å². The van der Waals surface area contributed by atoms with Gasteiger partial charge in [-0.3, -0.25) is 4.79 Å². The van der Waals surface area contributed by atoms with Gasteiger partial charge in [-0.05, 0) is 46.9 Å². The molecule has 3 aromatic rings. The molecule has 8 nitrogen and oxygen atoms in total. The third kappa shape index (κ3) is 7.76. The molecule has 0 spiro atoms. The molecule has 0 bridgehead atoms. The first-order valence-electron chi connectivity index (χ1n) is 12.6. The molecular formula is C27H31F3N4O4S. The first-order valence-corrected chi connectivity index (χ1v) is 14.0. The van der Waals surface area contributed by atoms with Crippen LogP contribution in [0.3, 0.4) is 0 Å². The summed E-state index contributed by atoms with van der Waals surface area (Å²) in [5, 5.41) is 17.6. The van der Waals surface area contributed by atoms with Crippen molar-refractivity contribution in [1.82, 2.24) is 19.7 Å². The third-order valence-corrected chi connectivity index (χ3v) is 8.23. The molecular weight excluding hydrogens is 533 g/mol. The van der Waals surface area contributed by atoms with E-state index in [0.717, 1.165) is 28.5 Å². The summed E-state index contributed by atoms with van der Waals surface area (Å²) in [7, 11) is -4.00. The van der Waals surface area contributed by atoms with Crippen LogP contribution in [0.1, 0.15) is 16.7 Å². The van der Waals surface area contributed by atoms with E-state index in [1.54, 1.807) is 0 Å². The van der Waals surface area contributed by atoms with Crippen molar-refractivity contribution in [3.05, 3.63) is 83.4 Å². The number of aliphatic hydroxyl groups is 1. The lowest BCUT2D eigenvalue weighted by molar-refractivity contribution is -0.137. The lowest BCUT2D eigenvalue weighted by atomic mass is 10.0. The van der Waals surface area contributed by atoms with Crippen LogP contribution in [-0.2, 0) is 34.0 Å². The van der Waals surface area contributed by atoms with Gasteiger partial charge >= 0.3 is 6.18 Å². The van der Waals surface area contributed by atoms with Crippen LogP contribution in [0, 0.1) is 0 Å². The maximum absolute atomic E-state index is 13.4. The number of carbonyl (C=O) groups excluding carboxylic acids is 1. The Morgan fingerprint density at radius 1 is 0.949 bits per heavy atom. The molecule has 1 fully saturated rings. The van der Waals surface area contributed by atoms with Gasteiger partial charge in [0.05, 0.1) is 18.2 Å². The molecule has 3 aromatic carbocycles. The minimum Gasteiger partial charge on any atom is -0.394 e. The standard InChI is InChI=1S/C27H31F3N4O4S/c28-27(29,30)23-9-6-19(7-10-23)16-24(18-35)32-26(36)25(33-39(37,38)34-13-11-31-12-14-34)17-20-5-8-21-3-1-2-4-22(21)15-20/h1-10,15,24-25,31,33,35H,11-14,16-18H2,(H,32,36). The van der Waals surface area contributed by atoms with Gasteiger partial charge in [0.25, 0.3) is 10.2 Å². The summed E-state index contributed by atoms with van der Waals surface area (Å²) >= 11 is 0. The number of hydrogen-bond donors (Lipinski definition) is 4. The van der Waals surface area contributed by atoms with Crippen molar-refractivity contribution in [1.29, 1.82) is 0 Å². The third-order valence-electron chi connectivity index (χ3n) is 6.61. The molecule has 0 radical (unpaired) electrons.